The zero-order chi connectivity index (χ0) is 17.4. The van der Waals surface area contributed by atoms with Gasteiger partial charge in [0.05, 0.1) is 11.2 Å². The highest BCUT2D eigenvalue weighted by Crippen LogP contribution is 2.31. The Morgan fingerprint density at radius 1 is 0.720 bits per heavy atom. The highest BCUT2D eigenvalue weighted by molar-refractivity contribution is 5.81. The summed E-state index contributed by atoms with van der Waals surface area (Å²) in [6.07, 6.45) is 2.09. The van der Waals surface area contributed by atoms with Crippen molar-refractivity contribution in [2.75, 3.05) is 0 Å². The Hall–Kier alpha value is -2.87. The maximum Gasteiger partial charge on any atom is 0.145 e. The summed E-state index contributed by atoms with van der Waals surface area (Å²) in [6.45, 7) is 6.71. The van der Waals surface area contributed by atoms with Crippen molar-refractivity contribution in [3.63, 3.8) is 0 Å². The van der Waals surface area contributed by atoms with Gasteiger partial charge >= 0.3 is 0 Å². The molecule has 0 unspecified atom stereocenters. The van der Waals surface area contributed by atoms with Gasteiger partial charge < -0.3 is 0 Å². The van der Waals surface area contributed by atoms with E-state index in [1.807, 2.05) is 6.07 Å². The Morgan fingerprint density at radius 2 is 1.40 bits per heavy atom. The first-order valence-corrected chi connectivity index (χ1v) is 8.67. The number of fused-ring (bicyclic) bond motifs is 1. The van der Waals surface area contributed by atoms with E-state index in [1.54, 1.807) is 0 Å². The second kappa shape index (κ2) is 5.89. The lowest BCUT2D eigenvalue weighted by Gasteiger charge is -2.19. The molecule has 0 aliphatic carbocycles. The molecule has 0 spiro atoms. The second-order valence-corrected chi connectivity index (χ2v) is 7.43. The van der Waals surface area contributed by atoms with Gasteiger partial charge in [0.15, 0.2) is 0 Å². The lowest BCUT2D eigenvalue weighted by molar-refractivity contribution is 0.590. The van der Waals surface area contributed by atoms with Gasteiger partial charge in [0.1, 0.15) is 5.82 Å². The average Bonchev–Trinajstić information content (AvgIpc) is 3.02. The van der Waals surface area contributed by atoms with Crippen molar-refractivity contribution in [3.05, 3.63) is 84.6 Å². The SMILES string of the molecule is CC(C)(C)c1ccc(-c2nc(-c3ccccc3)c3ccccn23)cc1. The molecule has 2 heteroatoms. The molecule has 124 valence electrons. The van der Waals surface area contributed by atoms with Crippen molar-refractivity contribution in [2.45, 2.75) is 26.2 Å². The summed E-state index contributed by atoms with van der Waals surface area (Å²) in [5.41, 5.74) is 5.92. The van der Waals surface area contributed by atoms with Gasteiger partial charge in [-0.2, -0.15) is 0 Å². The van der Waals surface area contributed by atoms with Crippen molar-refractivity contribution in [1.82, 2.24) is 9.38 Å². The molecular formula is C23H22N2. The predicted octanol–water partition coefficient (Wildman–Crippen LogP) is 5.97. The summed E-state index contributed by atoms with van der Waals surface area (Å²) >= 11 is 0. The molecule has 0 radical (unpaired) electrons. The molecule has 0 aliphatic rings. The Bertz CT molecular complexity index is 1000. The van der Waals surface area contributed by atoms with Crippen LogP contribution in [0.25, 0.3) is 28.2 Å². The summed E-state index contributed by atoms with van der Waals surface area (Å²) in [6, 6.07) is 25.4. The highest BCUT2D eigenvalue weighted by Gasteiger charge is 2.16. The maximum absolute atomic E-state index is 4.98. The normalized spacial score (nSPS) is 11.8. The summed E-state index contributed by atoms with van der Waals surface area (Å²) < 4.78 is 2.18. The Morgan fingerprint density at radius 3 is 2.08 bits per heavy atom. The first kappa shape index (κ1) is 15.6. The van der Waals surface area contributed by atoms with Crippen LogP contribution in [-0.2, 0) is 5.41 Å². The lowest BCUT2D eigenvalue weighted by Crippen LogP contribution is -2.10. The minimum Gasteiger partial charge on any atom is -0.299 e. The van der Waals surface area contributed by atoms with Gasteiger partial charge in [-0.05, 0) is 23.1 Å². The fourth-order valence-electron chi connectivity index (χ4n) is 3.17. The van der Waals surface area contributed by atoms with Crippen LogP contribution in [0, 0.1) is 0 Å². The van der Waals surface area contributed by atoms with Crippen LogP contribution in [0.15, 0.2) is 79.0 Å². The number of rotatable bonds is 2. The molecule has 2 aromatic carbocycles. The molecule has 4 aromatic rings. The van der Waals surface area contributed by atoms with E-state index in [2.05, 4.69) is 98.1 Å². The number of aromatic nitrogens is 2. The number of hydrogen-bond acceptors (Lipinski definition) is 1. The third-order valence-corrected chi connectivity index (χ3v) is 4.60. The summed E-state index contributed by atoms with van der Waals surface area (Å²) in [4.78, 5) is 4.98. The Balaban J connectivity index is 1.88. The lowest BCUT2D eigenvalue weighted by atomic mass is 9.87. The average molecular weight is 326 g/mol. The molecule has 0 aliphatic heterocycles. The molecule has 0 amide bonds. The van der Waals surface area contributed by atoms with E-state index in [-0.39, 0.29) is 5.41 Å². The van der Waals surface area contributed by atoms with E-state index >= 15 is 0 Å². The molecule has 2 aromatic heterocycles. The largest absolute Gasteiger partial charge is 0.299 e. The van der Waals surface area contributed by atoms with Gasteiger partial charge in [-0.1, -0.05) is 81.4 Å². The second-order valence-electron chi connectivity index (χ2n) is 7.43. The van der Waals surface area contributed by atoms with E-state index < -0.39 is 0 Å². The third-order valence-electron chi connectivity index (χ3n) is 4.60. The molecule has 0 atom stereocenters. The molecule has 25 heavy (non-hydrogen) atoms. The van der Waals surface area contributed by atoms with Crippen molar-refractivity contribution >= 4 is 5.52 Å². The van der Waals surface area contributed by atoms with E-state index in [1.165, 1.54) is 5.56 Å². The predicted molar refractivity (Wildman–Crippen MR) is 105 cm³/mol. The van der Waals surface area contributed by atoms with E-state index in [9.17, 15) is 0 Å². The van der Waals surface area contributed by atoms with Gasteiger partial charge in [-0.3, -0.25) is 4.40 Å². The molecule has 2 heterocycles. The number of hydrogen-bond donors (Lipinski definition) is 0. The molecular weight excluding hydrogens is 304 g/mol. The topological polar surface area (TPSA) is 17.3 Å². The van der Waals surface area contributed by atoms with Crippen LogP contribution >= 0.6 is 0 Å². The van der Waals surface area contributed by atoms with Crippen molar-refractivity contribution in [2.24, 2.45) is 0 Å². The molecule has 4 rings (SSSR count). The quantitative estimate of drug-likeness (QED) is 0.444. The van der Waals surface area contributed by atoms with Crippen LogP contribution in [0.1, 0.15) is 26.3 Å². The minimum absolute atomic E-state index is 0.155. The molecule has 0 N–H and O–H groups in total. The smallest absolute Gasteiger partial charge is 0.145 e. The van der Waals surface area contributed by atoms with Crippen LogP contribution in [0.3, 0.4) is 0 Å². The van der Waals surface area contributed by atoms with Gasteiger partial charge in [-0.25, -0.2) is 4.98 Å². The molecule has 0 saturated heterocycles. The number of pyridine rings is 1. The highest BCUT2D eigenvalue weighted by atomic mass is 15.0. The summed E-state index contributed by atoms with van der Waals surface area (Å²) in [7, 11) is 0. The van der Waals surface area contributed by atoms with Crippen LogP contribution in [-0.4, -0.2) is 9.38 Å². The van der Waals surface area contributed by atoms with E-state index in [0.29, 0.717) is 0 Å². The molecule has 0 fully saturated rings. The third kappa shape index (κ3) is 2.85. The molecule has 2 nitrogen and oxygen atoms in total. The maximum atomic E-state index is 4.98. The van der Waals surface area contributed by atoms with Gasteiger partial charge in [0.25, 0.3) is 0 Å². The van der Waals surface area contributed by atoms with Gasteiger partial charge in [0, 0.05) is 17.3 Å². The fraction of sp³-hybridized carbons (Fsp3) is 0.174. The number of imidazole rings is 1. The van der Waals surface area contributed by atoms with Crippen molar-refractivity contribution < 1.29 is 0 Å². The molecule has 0 bridgehead atoms. The van der Waals surface area contributed by atoms with E-state index in [0.717, 1.165) is 28.2 Å². The van der Waals surface area contributed by atoms with Crippen LogP contribution in [0.4, 0.5) is 0 Å². The van der Waals surface area contributed by atoms with Gasteiger partial charge in [0.2, 0.25) is 0 Å². The summed E-state index contributed by atoms with van der Waals surface area (Å²) in [5, 5.41) is 0. The first-order chi connectivity index (χ1) is 12.0. The minimum atomic E-state index is 0.155. The molecule has 0 saturated carbocycles. The number of benzene rings is 2. The zero-order valence-electron chi connectivity index (χ0n) is 14.9. The van der Waals surface area contributed by atoms with E-state index in [4.69, 9.17) is 4.98 Å². The van der Waals surface area contributed by atoms with Crippen LogP contribution < -0.4 is 0 Å². The first-order valence-electron chi connectivity index (χ1n) is 8.67. The van der Waals surface area contributed by atoms with Crippen LogP contribution in [0.5, 0.6) is 0 Å². The fourth-order valence-corrected chi connectivity index (χ4v) is 3.17. The number of nitrogens with zero attached hydrogens (tertiary/aromatic N) is 2. The Labute approximate surface area is 148 Å². The monoisotopic (exact) mass is 326 g/mol. The Kier molecular flexibility index (Phi) is 3.69. The van der Waals surface area contributed by atoms with Crippen LogP contribution in [0.2, 0.25) is 0 Å². The van der Waals surface area contributed by atoms with Crippen molar-refractivity contribution in [3.8, 4) is 22.6 Å². The summed E-state index contributed by atoms with van der Waals surface area (Å²) in [5.74, 6) is 0.981. The zero-order valence-corrected chi connectivity index (χ0v) is 14.9. The standard InChI is InChI=1S/C23H22N2/c1-23(2,3)19-14-12-18(13-15-19)22-24-21(17-9-5-4-6-10-17)20-11-7-8-16-25(20)22/h4-16H,1-3H3. The van der Waals surface area contributed by atoms with Crippen molar-refractivity contribution in [1.29, 1.82) is 0 Å². The van der Waals surface area contributed by atoms with Gasteiger partial charge in [-0.15, -0.1) is 0 Å².